The Hall–Kier alpha value is -2.53. The largest absolute Gasteiger partial charge is 0.485 e. The number of ether oxygens (including phenoxy) is 1. The lowest BCUT2D eigenvalue weighted by Gasteiger charge is -2.17. The lowest BCUT2D eigenvalue weighted by atomic mass is 10.1. The molecule has 3 aromatic rings. The fourth-order valence-electron chi connectivity index (χ4n) is 3.14. The maximum absolute atomic E-state index is 6.27. The van der Waals surface area contributed by atoms with E-state index in [1.54, 1.807) is 0 Å². The predicted octanol–water partition coefficient (Wildman–Crippen LogP) is 3.51. The lowest BCUT2D eigenvalue weighted by molar-refractivity contribution is 0.210. The number of hydrogen-bond donors (Lipinski definition) is 2. The Labute approximate surface area is 138 Å². The van der Waals surface area contributed by atoms with E-state index in [2.05, 4.69) is 16.0 Å². The van der Waals surface area contributed by atoms with Gasteiger partial charge in [0.25, 0.3) is 0 Å². The van der Waals surface area contributed by atoms with Crippen molar-refractivity contribution in [2.75, 3.05) is 11.5 Å². The first-order valence-corrected chi connectivity index (χ1v) is 7.77. The van der Waals surface area contributed by atoms with Crippen LogP contribution in [0.4, 0.5) is 11.8 Å². The monoisotopic (exact) mass is 326 g/mol. The number of fused-ring (bicyclic) bond motifs is 2. The van der Waals surface area contributed by atoms with Crippen molar-refractivity contribution in [3.05, 3.63) is 52.5 Å². The van der Waals surface area contributed by atoms with E-state index < -0.39 is 0 Å². The minimum Gasteiger partial charge on any atom is -0.485 e. The first-order chi connectivity index (χ1) is 11.1. The van der Waals surface area contributed by atoms with Crippen molar-refractivity contribution in [1.29, 1.82) is 0 Å². The van der Waals surface area contributed by atoms with Crippen LogP contribution in [0.1, 0.15) is 23.7 Å². The van der Waals surface area contributed by atoms with E-state index in [9.17, 15) is 0 Å². The summed E-state index contributed by atoms with van der Waals surface area (Å²) >= 11 is 6.27. The van der Waals surface area contributed by atoms with Gasteiger partial charge in [0.05, 0.1) is 10.9 Å². The molecule has 1 aromatic heterocycles. The highest BCUT2D eigenvalue weighted by molar-refractivity contribution is 6.31. The second-order valence-corrected chi connectivity index (χ2v) is 5.98. The molecule has 0 saturated heterocycles. The standard InChI is InChI=1S/C17H15ClN4O/c18-11-4-1-3-10-9(11)7-8-13(10)23-14-6-2-5-12-15(14)16(19)22-17(20)21-12/h1-6,13H,7-8H2,(H4,19,20,21,22). The van der Waals surface area contributed by atoms with Crippen molar-refractivity contribution < 1.29 is 4.74 Å². The van der Waals surface area contributed by atoms with Gasteiger partial charge in [0.1, 0.15) is 17.7 Å². The normalized spacial score (nSPS) is 16.5. The number of rotatable bonds is 2. The summed E-state index contributed by atoms with van der Waals surface area (Å²) in [5, 5.41) is 1.49. The van der Waals surface area contributed by atoms with Crippen molar-refractivity contribution >= 4 is 34.3 Å². The molecule has 1 heterocycles. The molecule has 2 aromatic carbocycles. The van der Waals surface area contributed by atoms with E-state index in [4.69, 9.17) is 27.8 Å². The molecule has 1 unspecified atom stereocenters. The maximum atomic E-state index is 6.27. The lowest BCUT2D eigenvalue weighted by Crippen LogP contribution is -2.06. The van der Waals surface area contributed by atoms with Crippen LogP contribution in [0.2, 0.25) is 5.02 Å². The number of nitrogen functional groups attached to an aromatic ring is 2. The summed E-state index contributed by atoms with van der Waals surface area (Å²) in [5.41, 5.74) is 14.6. The van der Waals surface area contributed by atoms with Crippen molar-refractivity contribution in [2.45, 2.75) is 18.9 Å². The molecule has 1 aliphatic carbocycles. The molecule has 0 fully saturated rings. The number of anilines is 2. The van der Waals surface area contributed by atoms with Crippen LogP contribution in [0, 0.1) is 0 Å². The molecule has 0 bridgehead atoms. The van der Waals surface area contributed by atoms with Crippen LogP contribution in [0.25, 0.3) is 10.9 Å². The minimum atomic E-state index is -0.0498. The molecule has 1 aliphatic rings. The summed E-state index contributed by atoms with van der Waals surface area (Å²) < 4.78 is 6.23. The molecule has 0 amide bonds. The Morgan fingerprint density at radius 3 is 2.78 bits per heavy atom. The molecule has 4 N–H and O–H groups in total. The molecule has 0 saturated carbocycles. The summed E-state index contributed by atoms with van der Waals surface area (Å²) in [6, 6.07) is 11.5. The summed E-state index contributed by atoms with van der Waals surface area (Å²) in [6.45, 7) is 0. The van der Waals surface area contributed by atoms with Crippen molar-refractivity contribution in [1.82, 2.24) is 9.97 Å². The van der Waals surface area contributed by atoms with Gasteiger partial charge in [-0.2, -0.15) is 4.98 Å². The summed E-state index contributed by atoms with van der Waals surface area (Å²) in [6.07, 6.45) is 1.74. The number of halogens is 1. The van der Waals surface area contributed by atoms with Gasteiger partial charge >= 0.3 is 0 Å². The molecular formula is C17H15ClN4O. The number of benzene rings is 2. The highest BCUT2D eigenvalue weighted by Gasteiger charge is 2.26. The van der Waals surface area contributed by atoms with Gasteiger partial charge in [-0.25, -0.2) is 4.98 Å². The smallest absolute Gasteiger partial charge is 0.222 e. The molecule has 0 spiro atoms. The molecule has 116 valence electrons. The SMILES string of the molecule is Nc1nc(N)c2c(OC3CCc4c(Cl)cccc43)cccc2n1. The van der Waals surface area contributed by atoms with Crippen LogP contribution < -0.4 is 16.2 Å². The first-order valence-electron chi connectivity index (χ1n) is 7.39. The number of aromatic nitrogens is 2. The van der Waals surface area contributed by atoms with Gasteiger partial charge < -0.3 is 16.2 Å². The van der Waals surface area contributed by atoms with Crippen LogP contribution >= 0.6 is 11.6 Å². The Morgan fingerprint density at radius 2 is 1.91 bits per heavy atom. The molecule has 0 aliphatic heterocycles. The summed E-state index contributed by atoms with van der Waals surface area (Å²) in [4.78, 5) is 8.25. The van der Waals surface area contributed by atoms with Gasteiger partial charge in [0.2, 0.25) is 5.95 Å². The Morgan fingerprint density at radius 1 is 1.09 bits per heavy atom. The predicted molar refractivity (Wildman–Crippen MR) is 91.5 cm³/mol. The first kappa shape index (κ1) is 14.1. The fraction of sp³-hybridized carbons (Fsp3) is 0.176. The van der Waals surface area contributed by atoms with Gasteiger partial charge in [-0.3, -0.25) is 0 Å². The number of hydrogen-bond acceptors (Lipinski definition) is 5. The van der Waals surface area contributed by atoms with Crippen molar-refractivity contribution in [2.24, 2.45) is 0 Å². The van der Waals surface area contributed by atoms with Crippen LogP contribution in [-0.2, 0) is 6.42 Å². The molecular weight excluding hydrogens is 312 g/mol. The topological polar surface area (TPSA) is 87.0 Å². The minimum absolute atomic E-state index is 0.0498. The van der Waals surface area contributed by atoms with E-state index in [0.29, 0.717) is 22.5 Å². The molecule has 23 heavy (non-hydrogen) atoms. The van der Waals surface area contributed by atoms with E-state index in [1.807, 2.05) is 30.3 Å². The van der Waals surface area contributed by atoms with Gasteiger partial charge in [0.15, 0.2) is 0 Å². The number of nitrogens with zero attached hydrogens (tertiary/aromatic N) is 2. The van der Waals surface area contributed by atoms with Gasteiger partial charge in [0, 0.05) is 5.02 Å². The van der Waals surface area contributed by atoms with Crippen LogP contribution in [-0.4, -0.2) is 9.97 Å². The average molecular weight is 327 g/mol. The Balaban J connectivity index is 1.77. The zero-order chi connectivity index (χ0) is 16.0. The van der Waals surface area contributed by atoms with Gasteiger partial charge in [-0.15, -0.1) is 0 Å². The third-order valence-electron chi connectivity index (χ3n) is 4.16. The summed E-state index contributed by atoms with van der Waals surface area (Å²) in [5.74, 6) is 1.15. The maximum Gasteiger partial charge on any atom is 0.222 e. The second kappa shape index (κ2) is 5.28. The van der Waals surface area contributed by atoms with E-state index >= 15 is 0 Å². The van der Waals surface area contributed by atoms with Gasteiger partial charge in [-0.05, 0) is 42.2 Å². The third-order valence-corrected chi connectivity index (χ3v) is 4.51. The molecule has 6 heteroatoms. The second-order valence-electron chi connectivity index (χ2n) is 5.57. The number of nitrogens with two attached hydrogens (primary N) is 2. The van der Waals surface area contributed by atoms with Crippen molar-refractivity contribution in [3.8, 4) is 5.75 Å². The quantitative estimate of drug-likeness (QED) is 0.752. The van der Waals surface area contributed by atoms with Gasteiger partial charge in [-0.1, -0.05) is 29.8 Å². The van der Waals surface area contributed by atoms with Crippen LogP contribution in [0.3, 0.4) is 0 Å². The summed E-state index contributed by atoms with van der Waals surface area (Å²) in [7, 11) is 0. The Bertz CT molecular complexity index is 912. The van der Waals surface area contributed by atoms with E-state index in [1.165, 1.54) is 0 Å². The molecule has 4 rings (SSSR count). The molecule has 1 atom stereocenters. The molecule has 0 radical (unpaired) electrons. The van der Waals surface area contributed by atoms with E-state index in [0.717, 1.165) is 29.0 Å². The zero-order valence-corrected chi connectivity index (χ0v) is 13.0. The zero-order valence-electron chi connectivity index (χ0n) is 12.3. The highest BCUT2D eigenvalue weighted by Crippen LogP contribution is 2.40. The van der Waals surface area contributed by atoms with Crippen LogP contribution in [0.15, 0.2) is 36.4 Å². The van der Waals surface area contributed by atoms with Crippen molar-refractivity contribution in [3.63, 3.8) is 0 Å². The fourth-order valence-corrected chi connectivity index (χ4v) is 3.42. The highest BCUT2D eigenvalue weighted by atomic mass is 35.5. The molecule has 5 nitrogen and oxygen atoms in total. The Kier molecular flexibility index (Phi) is 3.23. The van der Waals surface area contributed by atoms with Crippen LogP contribution in [0.5, 0.6) is 5.75 Å². The van der Waals surface area contributed by atoms with E-state index in [-0.39, 0.29) is 12.1 Å². The third kappa shape index (κ3) is 2.33. The average Bonchev–Trinajstić information content (AvgIpc) is 2.91.